The SMILES string of the molecule is COc1ccc(CN(C)C(C)C)cc1OC1CCN(C(=O)C(c2ccccc2)C2CCCC2)CC1. The molecule has 2 aromatic carbocycles. The number of hydrogen-bond acceptors (Lipinski definition) is 4. The summed E-state index contributed by atoms with van der Waals surface area (Å²) in [5.41, 5.74) is 2.39. The van der Waals surface area contributed by atoms with Crippen molar-refractivity contribution < 1.29 is 14.3 Å². The summed E-state index contributed by atoms with van der Waals surface area (Å²) in [6.45, 7) is 6.76. The summed E-state index contributed by atoms with van der Waals surface area (Å²) in [6, 6.07) is 17.1. The molecule has 0 N–H and O–H groups in total. The smallest absolute Gasteiger partial charge is 0.230 e. The standard InChI is InChI=1S/C30H42N2O3/c1-22(2)31(3)21-23-14-15-27(34-4)28(20-23)35-26-16-18-32(19-17-26)30(33)29(25-12-8-9-13-25)24-10-6-5-7-11-24/h5-7,10-11,14-15,20,22,25-26,29H,8-9,12-13,16-19,21H2,1-4H3. The van der Waals surface area contributed by atoms with Gasteiger partial charge in [-0.1, -0.05) is 49.2 Å². The first-order valence-electron chi connectivity index (χ1n) is 13.3. The van der Waals surface area contributed by atoms with Gasteiger partial charge in [0.2, 0.25) is 5.91 Å². The molecule has 1 amide bonds. The zero-order chi connectivity index (χ0) is 24.8. The number of ether oxygens (including phenoxy) is 2. The van der Waals surface area contributed by atoms with Crippen LogP contribution in [0.5, 0.6) is 11.5 Å². The molecular formula is C30H42N2O3. The van der Waals surface area contributed by atoms with Crippen LogP contribution < -0.4 is 9.47 Å². The molecule has 1 saturated carbocycles. The molecule has 1 atom stereocenters. The molecule has 1 aliphatic heterocycles. The second-order valence-corrected chi connectivity index (χ2v) is 10.6. The fourth-order valence-corrected chi connectivity index (χ4v) is 5.52. The quantitative estimate of drug-likeness (QED) is 0.451. The fraction of sp³-hybridized carbons (Fsp3) is 0.567. The molecule has 0 radical (unpaired) electrons. The van der Waals surface area contributed by atoms with Crippen LogP contribution in [0, 0.1) is 5.92 Å². The summed E-state index contributed by atoms with van der Waals surface area (Å²) >= 11 is 0. The number of carbonyl (C=O) groups is 1. The van der Waals surface area contributed by atoms with E-state index in [-0.39, 0.29) is 12.0 Å². The molecule has 35 heavy (non-hydrogen) atoms. The van der Waals surface area contributed by atoms with Crippen LogP contribution in [0.2, 0.25) is 0 Å². The van der Waals surface area contributed by atoms with E-state index in [1.165, 1.54) is 24.0 Å². The van der Waals surface area contributed by atoms with Crippen molar-refractivity contribution in [1.82, 2.24) is 9.80 Å². The third-order valence-corrected chi connectivity index (χ3v) is 7.88. The highest BCUT2D eigenvalue weighted by Gasteiger charge is 2.36. The van der Waals surface area contributed by atoms with Crippen molar-refractivity contribution in [3.8, 4) is 11.5 Å². The molecule has 1 heterocycles. The van der Waals surface area contributed by atoms with Gasteiger partial charge in [0.15, 0.2) is 11.5 Å². The normalized spacial score (nSPS) is 18.3. The van der Waals surface area contributed by atoms with Crippen molar-refractivity contribution in [2.45, 2.75) is 77.0 Å². The summed E-state index contributed by atoms with van der Waals surface area (Å²) < 4.78 is 12.0. The van der Waals surface area contributed by atoms with Crippen molar-refractivity contribution in [2.75, 3.05) is 27.2 Å². The summed E-state index contributed by atoms with van der Waals surface area (Å²) in [6.07, 6.45) is 6.58. The summed E-state index contributed by atoms with van der Waals surface area (Å²) in [5, 5.41) is 0. The number of methoxy groups -OCH3 is 1. The second-order valence-electron chi connectivity index (χ2n) is 10.6. The predicted octanol–water partition coefficient (Wildman–Crippen LogP) is 5.88. The van der Waals surface area contributed by atoms with Gasteiger partial charge < -0.3 is 14.4 Å². The Morgan fingerprint density at radius 3 is 2.31 bits per heavy atom. The zero-order valence-corrected chi connectivity index (χ0v) is 21.9. The minimum atomic E-state index is -0.00843. The van der Waals surface area contributed by atoms with Gasteiger partial charge in [0.1, 0.15) is 6.10 Å². The van der Waals surface area contributed by atoms with Gasteiger partial charge in [-0.05, 0) is 62.9 Å². The number of benzene rings is 2. The van der Waals surface area contributed by atoms with E-state index >= 15 is 0 Å². The number of rotatable bonds is 9. The maximum Gasteiger partial charge on any atom is 0.230 e. The molecule has 0 bridgehead atoms. The first kappa shape index (κ1) is 25.6. The number of likely N-dealkylation sites (tertiary alicyclic amines) is 1. The highest BCUT2D eigenvalue weighted by molar-refractivity contribution is 5.84. The van der Waals surface area contributed by atoms with Crippen molar-refractivity contribution in [2.24, 2.45) is 5.92 Å². The third-order valence-electron chi connectivity index (χ3n) is 7.88. The lowest BCUT2D eigenvalue weighted by molar-refractivity contribution is -0.136. The largest absolute Gasteiger partial charge is 0.493 e. The van der Waals surface area contributed by atoms with Crippen LogP contribution in [0.3, 0.4) is 0 Å². The average Bonchev–Trinajstić information content (AvgIpc) is 3.40. The van der Waals surface area contributed by atoms with E-state index in [0.717, 1.165) is 56.8 Å². The van der Waals surface area contributed by atoms with Crippen molar-refractivity contribution in [3.63, 3.8) is 0 Å². The molecule has 5 nitrogen and oxygen atoms in total. The van der Waals surface area contributed by atoms with Gasteiger partial charge in [-0.15, -0.1) is 0 Å². The maximum atomic E-state index is 13.7. The summed E-state index contributed by atoms with van der Waals surface area (Å²) in [5.74, 6) is 2.34. The number of piperidine rings is 1. The molecule has 190 valence electrons. The molecule has 2 fully saturated rings. The van der Waals surface area contributed by atoms with Crippen LogP contribution in [0.25, 0.3) is 0 Å². The number of amides is 1. The van der Waals surface area contributed by atoms with Gasteiger partial charge in [-0.25, -0.2) is 0 Å². The minimum Gasteiger partial charge on any atom is -0.493 e. The number of hydrogen-bond donors (Lipinski definition) is 0. The molecule has 5 heteroatoms. The van der Waals surface area contributed by atoms with Crippen LogP contribution in [0.4, 0.5) is 0 Å². The molecule has 0 aromatic heterocycles. The van der Waals surface area contributed by atoms with E-state index in [9.17, 15) is 4.79 Å². The number of nitrogens with zero attached hydrogens (tertiary/aromatic N) is 2. The monoisotopic (exact) mass is 478 g/mol. The topological polar surface area (TPSA) is 42.0 Å². The number of carbonyl (C=O) groups excluding carboxylic acids is 1. The van der Waals surface area contributed by atoms with Gasteiger partial charge in [0.25, 0.3) is 0 Å². The molecule has 2 aromatic rings. The lowest BCUT2D eigenvalue weighted by Gasteiger charge is -2.36. The summed E-state index contributed by atoms with van der Waals surface area (Å²) in [4.78, 5) is 18.1. The minimum absolute atomic E-state index is 0.00843. The molecule has 0 spiro atoms. The van der Waals surface area contributed by atoms with Gasteiger partial charge in [-0.3, -0.25) is 9.69 Å². The van der Waals surface area contributed by atoms with Gasteiger partial charge in [-0.2, -0.15) is 0 Å². The Balaban J connectivity index is 1.40. The van der Waals surface area contributed by atoms with E-state index < -0.39 is 0 Å². The van der Waals surface area contributed by atoms with Crippen molar-refractivity contribution in [3.05, 3.63) is 59.7 Å². The van der Waals surface area contributed by atoms with E-state index in [4.69, 9.17) is 9.47 Å². The van der Waals surface area contributed by atoms with Crippen LogP contribution in [0.1, 0.15) is 69.4 Å². The van der Waals surface area contributed by atoms with E-state index in [1.54, 1.807) is 7.11 Å². The fourth-order valence-electron chi connectivity index (χ4n) is 5.52. The Hall–Kier alpha value is -2.53. The first-order chi connectivity index (χ1) is 17.0. The Labute approximate surface area is 211 Å². The predicted molar refractivity (Wildman–Crippen MR) is 141 cm³/mol. The van der Waals surface area contributed by atoms with E-state index in [1.807, 2.05) is 12.1 Å². The summed E-state index contributed by atoms with van der Waals surface area (Å²) in [7, 11) is 3.83. The first-order valence-corrected chi connectivity index (χ1v) is 13.3. The Kier molecular flexibility index (Phi) is 8.72. The highest BCUT2D eigenvalue weighted by Crippen LogP contribution is 2.39. The Morgan fingerprint density at radius 1 is 1.00 bits per heavy atom. The molecule has 1 saturated heterocycles. The van der Waals surface area contributed by atoms with Gasteiger partial charge in [0.05, 0.1) is 13.0 Å². The van der Waals surface area contributed by atoms with Crippen LogP contribution >= 0.6 is 0 Å². The zero-order valence-electron chi connectivity index (χ0n) is 21.9. The van der Waals surface area contributed by atoms with E-state index in [0.29, 0.717) is 17.9 Å². The molecule has 1 aliphatic carbocycles. The van der Waals surface area contributed by atoms with Crippen LogP contribution in [-0.4, -0.2) is 55.1 Å². The average molecular weight is 479 g/mol. The van der Waals surface area contributed by atoms with Crippen molar-refractivity contribution >= 4 is 5.91 Å². The van der Waals surface area contributed by atoms with Crippen LogP contribution in [0.15, 0.2) is 48.5 Å². The highest BCUT2D eigenvalue weighted by atomic mass is 16.5. The van der Waals surface area contributed by atoms with Crippen molar-refractivity contribution in [1.29, 1.82) is 0 Å². The molecule has 1 unspecified atom stereocenters. The molecular weight excluding hydrogens is 436 g/mol. The lowest BCUT2D eigenvalue weighted by Crippen LogP contribution is -2.45. The molecule has 2 aliphatic rings. The van der Waals surface area contributed by atoms with Gasteiger partial charge >= 0.3 is 0 Å². The molecule has 4 rings (SSSR count). The van der Waals surface area contributed by atoms with E-state index in [2.05, 4.69) is 67.1 Å². The lowest BCUT2D eigenvalue weighted by atomic mass is 9.83. The third kappa shape index (κ3) is 6.38. The van der Waals surface area contributed by atoms with Crippen LogP contribution in [-0.2, 0) is 11.3 Å². The maximum absolute atomic E-state index is 13.7. The Bertz CT molecular complexity index is 947. The Morgan fingerprint density at radius 2 is 1.69 bits per heavy atom. The second kappa shape index (κ2) is 11.9. The van der Waals surface area contributed by atoms with Gasteiger partial charge in [0, 0.05) is 38.5 Å².